The molecule has 58 valence electrons. The number of hydrogen-bond acceptors (Lipinski definition) is 3. The topological polar surface area (TPSA) is 24.1 Å². The highest BCUT2D eigenvalue weighted by Crippen LogP contribution is 1.85. The minimum absolute atomic E-state index is 0.506. The number of thiocarbonyl (C=S) groups is 1. The van der Waals surface area contributed by atoms with Crippen molar-refractivity contribution in [2.75, 3.05) is 13.1 Å². The van der Waals surface area contributed by atoms with E-state index in [1.807, 2.05) is 0 Å². The highest BCUT2D eigenvalue weighted by molar-refractivity contribution is 8.11. The molecule has 0 unspecified atom stereocenters. The first-order valence-electron chi connectivity index (χ1n) is 2.71. The van der Waals surface area contributed by atoms with Crippen molar-refractivity contribution in [3.8, 4) is 0 Å². The Kier molecular flexibility index (Phi) is 5.96. The summed E-state index contributed by atoms with van der Waals surface area (Å²) in [5, 5.41) is 6.43. The lowest BCUT2D eigenvalue weighted by atomic mass is 10.6. The van der Waals surface area contributed by atoms with E-state index < -0.39 is 0 Å². The summed E-state index contributed by atoms with van der Waals surface area (Å²) in [6, 6.07) is 0. The lowest BCUT2D eigenvalue weighted by Crippen LogP contribution is -2.27. The number of rotatable bonds is 4. The molecule has 2 nitrogen and oxygen atoms in total. The van der Waals surface area contributed by atoms with Crippen LogP contribution in [0.2, 0.25) is 0 Å². The second kappa shape index (κ2) is 5.88. The SMILES string of the molecule is C=C(S)NCCNC(=S)S. The molecule has 0 radical (unpaired) electrons. The Bertz CT molecular complexity index is 119. The molecule has 0 bridgehead atoms. The van der Waals surface area contributed by atoms with Gasteiger partial charge in [0.1, 0.15) is 4.32 Å². The maximum absolute atomic E-state index is 4.66. The van der Waals surface area contributed by atoms with Gasteiger partial charge in [0.05, 0.1) is 5.03 Å². The lowest BCUT2D eigenvalue weighted by Gasteiger charge is -2.04. The summed E-state index contributed by atoms with van der Waals surface area (Å²) >= 11 is 12.5. The average Bonchev–Trinajstić information content (AvgIpc) is 1.79. The Morgan fingerprint density at radius 2 is 1.80 bits per heavy atom. The van der Waals surface area contributed by atoms with Gasteiger partial charge >= 0.3 is 0 Å². The first kappa shape index (κ1) is 10.1. The molecule has 0 rings (SSSR count). The normalized spacial score (nSPS) is 8.60. The van der Waals surface area contributed by atoms with Crippen LogP contribution in [0, 0.1) is 0 Å². The summed E-state index contributed by atoms with van der Waals surface area (Å²) in [6.07, 6.45) is 0. The molecule has 0 aliphatic carbocycles. The van der Waals surface area contributed by atoms with Crippen molar-refractivity contribution in [3.63, 3.8) is 0 Å². The Balaban J connectivity index is 3.06. The van der Waals surface area contributed by atoms with Crippen molar-refractivity contribution in [1.82, 2.24) is 10.6 Å². The predicted molar refractivity (Wildman–Crippen MR) is 55.7 cm³/mol. The minimum Gasteiger partial charge on any atom is -0.379 e. The van der Waals surface area contributed by atoms with Gasteiger partial charge < -0.3 is 10.6 Å². The molecule has 0 aromatic rings. The zero-order valence-corrected chi connectivity index (χ0v) is 8.03. The Labute approximate surface area is 77.3 Å². The van der Waals surface area contributed by atoms with Crippen LogP contribution >= 0.6 is 37.5 Å². The molecule has 2 N–H and O–H groups in total. The van der Waals surface area contributed by atoms with Gasteiger partial charge in [0.25, 0.3) is 0 Å². The van der Waals surface area contributed by atoms with Crippen LogP contribution in [0.3, 0.4) is 0 Å². The van der Waals surface area contributed by atoms with Crippen molar-refractivity contribution in [2.24, 2.45) is 0 Å². The second-order valence-electron chi connectivity index (χ2n) is 1.61. The third kappa shape index (κ3) is 8.13. The van der Waals surface area contributed by atoms with Gasteiger partial charge in [0, 0.05) is 13.1 Å². The van der Waals surface area contributed by atoms with Crippen molar-refractivity contribution in [2.45, 2.75) is 0 Å². The fourth-order valence-electron chi connectivity index (χ4n) is 0.376. The summed E-state index contributed by atoms with van der Waals surface area (Å²) < 4.78 is 0.506. The molecule has 5 heteroatoms. The van der Waals surface area contributed by atoms with E-state index in [2.05, 4.69) is 54.7 Å². The van der Waals surface area contributed by atoms with Crippen LogP contribution in [-0.2, 0) is 0 Å². The van der Waals surface area contributed by atoms with Crippen LogP contribution in [0.5, 0.6) is 0 Å². The smallest absolute Gasteiger partial charge is 0.130 e. The van der Waals surface area contributed by atoms with Crippen LogP contribution < -0.4 is 10.6 Å². The summed E-state index contributed by atoms with van der Waals surface area (Å²) in [4.78, 5) is 0. The van der Waals surface area contributed by atoms with E-state index in [0.717, 1.165) is 13.1 Å². The van der Waals surface area contributed by atoms with Crippen LogP contribution in [0.4, 0.5) is 0 Å². The molecule has 0 spiro atoms. The molecule has 10 heavy (non-hydrogen) atoms. The van der Waals surface area contributed by atoms with E-state index in [0.29, 0.717) is 9.35 Å². The maximum atomic E-state index is 4.66. The van der Waals surface area contributed by atoms with Crippen LogP contribution in [0.1, 0.15) is 0 Å². The van der Waals surface area contributed by atoms with Gasteiger partial charge in [0.15, 0.2) is 0 Å². The van der Waals surface area contributed by atoms with Crippen molar-refractivity contribution >= 4 is 41.8 Å². The van der Waals surface area contributed by atoms with E-state index in [9.17, 15) is 0 Å². The summed E-state index contributed by atoms with van der Waals surface area (Å²) in [7, 11) is 0. The zero-order valence-electron chi connectivity index (χ0n) is 5.42. The van der Waals surface area contributed by atoms with Crippen LogP contribution in [0.25, 0.3) is 0 Å². The highest BCUT2D eigenvalue weighted by Gasteiger charge is 1.86. The molecule has 0 aliphatic heterocycles. The quantitative estimate of drug-likeness (QED) is 0.302. The Morgan fingerprint density at radius 3 is 2.20 bits per heavy atom. The molecule has 0 aromatic carbocycles. The van der Waals surface area contributed by atoms with E-state index in [4.69, 9.17) is 0 Å². The first-order valence-corrected chi connectivity index (χ1v) is 4.01. The molecule has 0 aliphatic rings. The standard InChI is InChI=1S/C5H10N2S3/c1-4(8)6-2-3-7-5(9)10/h6,8H,1-3H2,(H2,7,9,10). The molecular weight excluding hydrogens is 184 g/mol. The fraction of sp³-hybridized carbons (Fsp3) is 0.400. The Hall–Kier alpha value is 0.130. The first-order chi connectivity index (χ1) is 4.63. The monoisotopic (exact) mass is 194 g/mol. The molecule has 0 aromatic heterocycles. The Morgan fingerprint density at radius 1 is 1.30 bits per heavy atom. The molecule has 0 saturated heterocycles. The van der Waals surface area contributed by atoms with Gasteiger partial charge in [-0.25, -0.2) is 0 Å². The largest absolute Gasteiger partial charge is 0.379 e. The second-order valence-corrected chi connectivity index (χ2v) is 3.30. The van der Waals surface area contributed by atoms with Crippen LogP contribution in [-0.4, -0.2) is 17.4 Å². The summed E-state index contributed by atoms with van der Waals surface area (Å²) in [6.45, 7) is 5.04. The van der Waals surface area contributed by atoms with Gasteiger partial charge in [0.2, 0.25) is 0 Å². The lowest BCUT2D eigenvalue weighted by molar-refractivity contribution is 0.791. The van der Waals surface area contributed by atoms with E-state index in [1.54, 1.807) is 0 Å². The van der Waals surface area contributed by atoms with E-state index in [1.165, 1.54) is 0 Å². The van der Waals surface area contributed by atoms with Crippen molar-refractivity contribution in [3.05, 3.63) is 11.6 Å². The van der Waals surface area contributed by atoms with Crippen molar-refractivity contribution < 1.29 is 0 Å². The molecule has 0 amide bonds. The molecule has 0 saturated carbocycles. The van der Waals surface area contributed by atoms with E-state index in [-0.39, 0.29) is 0 Å². The highest BCUT2D eigenvalue weighted by atomic mass is 32.1. The fourth-order valence-corrected chi connectivity index (χ4v) is 0.702. The average molecular weight is 194 g/mol. The maximum Gasteiger partial charge on any atom is 0.130 e. The molecule has 0 fully saturated rings. The third-order valence-corrected chi connectivity index (χ3v) is 1.19. The van der Waals surface area contributed by atoms with Gasteiger partial charge in [-0.1, -0.05) is 18.8 Å². The third-order valence-electron chi connectivity index (χ3n) is 0.730. The zero-order chi connectivity index (χ0) is 7.98. The number of nitrogens with one attached hydrogen (secondary N) is 2. The van der Waals surface area contributed by atoms with Crippen molar-refractivity contribution in [1.29, 1.82) is 0 Å². The summed E-state index contributed by atoms with van der Waals surface area (Å²) in [5.41, 5.74) is 0. The molecule has 0 heterocycles. The van der Waals surface area contributed by atoms with E-state index >= 15 is 0 Å². The predicted octanol–water partition coefficient (Wildman–Crippen LogP) is 0.781. The van der Waals surface area contributed by atoms with Gasteiger partial charge in [-0.3, -0.25) is 0 Å². The van der Waals surface area contributed by atoms with Gasteiger partial charge in [-0.05, 0) is 0 Å². The number of thiol groups is 2. The van der Waals surface area contributed by atoms with Gasteiger partial charge in [-0.15, -0.1) is 25.3 Å². The molecular formula is C5H10N2S3. The summed E-state index contributed by atoms with van der Waals surface area (Å²) in [5.74, 6) is 0. The minimum atomic E-state index is 0.506. The van der Waals surface area contributed by atoms with Crippen LogP contribution in [0.15, 0.2) is 11.6 Å². The number of hydrogen-bond donors (Lipinski definition) is 4. The van der Waals surface area contributed by atoms with Gasteiger partial charge in [-0.2, -0.15) is 0 Å². The molecule has 0 atom stereocenters.